The molecule has 0 aliphatic carbocycles. The van der Waals surface area contributed by atoms with Crippen LogP contribution in [0.2, 0.25) is 0 Å². The van der Waals surface area contributed by atoms with Gasteiger partial charge in [-0.25, -0.2) is 9.97 Å². The molecule has 3 aromatic rings. The van der Waals surface area contributed by atoms with Crippen molar-refractivity contribution in [3.8, 4) is 5.75 Å². The number of hydrogen-bond acceptors (Lipinski definition) is 3. The summed E-state index contributed by atoms with van der Waals surface area (Å²) in [6, 6.07) is 3.90. The molecule has 1 heterocycles. The van der Waals surface area contributed by atoms with Crippen molar-refractivity contribution >= 4 is 38.0 Å². The quantitative estimate of drug-likeness (QED) is 0.618. The Bertz CT molecular complexity index is 871. The van der Waals surface area contributed by atoms with Crippen LogP contribution in [0.5, 0.6) is 5.75 Å². The molecule has 20 heavy (non-hydrogen) atoms. The van der Waals surface area contributed by atoms with E-state index in [-0.39, 0.29) is 5.75 Å². The van der Waals surface area contributed by atoms with Gasteiger partial charge < -0.3 is 5.11 Å². The van der Waals surface area contributed by atoms with Crippen LogP contribution in [0.15, 0.2) is 16.6 Å². The molecule has 0 aliphatic rings. The molecule has 0 atom stereocenters. The van der Waals surface area contributed by atoms with E-state index >= 15 is 0 Å². The lowest BCUT2D eigenvalue weighted by Gasteiger charge is -2.11. The molecule has 3 nitrogen and oxygen atoms in total. The lowest BCUT2D eigenvalue weighted by Crippen LogP contribution is -1.96. The normalized spacial score (nSPS) is 11.4. The van der Waals surface area contributed by atoms with Crippen LogP contribution in [0.1, 0.15) is 22.3 Å². The van der Waals surface area contributed by atoms with Crippen molar-refractivity contribution in [2.24, 2.45) is 0 Å². The largest absolute Gasteiger partial charge is 0.505 e. The monoisotopic (exact) mass is 330 g/mol. The van der Waals surface area contributed by atoms with Gasteiger partial charge in [-0.05, 0) is 78.0 Å². The van der Waals surface area contributed by atoms with E-state index in [1.807, 2.05) is 19.1 Å². The summed E-state index contributed by atoms with van der Waals surface area (Å²) in [5.41, 5.74) is 7.32. The van der Waals surface area contributed by atoms with Crippen molar-refractivity contribution in [3.63, 3.8) is 0 Å². The van der Waals surface area contributed by atoms with Crippen molar-refractivity contribution < 1.29 is 5.11 Å². The second kappa shape index (κ2) is 4.42. The zero-order valence-electron chi connectivity index (χ0n) is 11.9. The van der Waals surface area contributed by atoms with Gasteiger partial charge in [0.25, 0.3) is 0 Å². The molecule has 3 rings (SSSR count). The molecule has 1 aromatic heterocycles. The molecule has 4 heteroatoms. The number of nitrogens with zero attached hydrogens (tertiary/aromatic N) is 2. The third-order valence-corrected chi connectivity index (χ3v) is 4.56. The molecule has 1 N–H and O–H groups in total. The number of benzene rings is 2. The molecule has 0 fully saturated rings. The summed E-state index contributed by atoms with van der Waals surface area (Å²) >= 11 is 3.51. The van der Waals surface area contributed by atoms with Gasteiger partial charge in [-0.15, -0.1) is 0 Å². The lowest BCUT2D eigenvalue weighted by atomic mass is 10.0. The molecule has 102 valence electrons. The SMILES string of the molecule is Cc1cc2nc3c(O)c(C)cc(Br)c3nc2c(C)c1C. The van der Waals surface area contributed by atoms with E-state index in [4.69, 9.17) is 4.98 Å². The molecule has 0 saturated heterocycles. The van der Waals surface area contributed by atoms with E-state index in [0.717, 1.165) is 26.6 Å². The summed E-state index contributed by atoms with van der Waals surface area (Å²) in [7, 11) is 0. The molecule has 0 spiro atoms. The maximum atomic E-state index is 10.2. The number of aromatic hydroxyl groups is 1. The number of halogens is 1. The van der Waals surface area contributed by atoms with Crippen molar-refractivity contribution in [3.05, 3.63) is 38.9 Å². The van der Waals surface area contributed by atoms with E-state index in [2.05, 4.69) is 41.7 Å². The van der Waals surface area contributed by atoms with E-state index in [1.54, 1.807) is 0 Å². The first-order chi connectivity index (χ1) is 9.40. The number of aryl methyl sites for hydroxylation is 3. The maximum Gasteiger partial charge on any atom is 0.146 e. The maximum absolute atomic E-state index is 10.2. The molecule has 2 aromatic carbocycles. The highest BCUT2D eigenvalue weighted by Crippen LogP contribution is 2.34. The average Bonchev–Trinajstić information content (AvgIpc) is 2.41. The fraction of sp³-hybridized carbons (Fsp3) is 0.250. The summed E-state index contributed by atoms with van der Waals surface area (Å²) in [4.78, 5) is 9.33. The van der Waals surface area contributed by atoms with Gasteiger partial charge in [0.05, 0.1) is 11.0 Å². The van der Waals surface area contributed by atoms with Gasteiger partial charge in [0.15, 0.2) is 0 Å². The average molecular weight is 331 g/mol. The van der Waals surface area contributed by atoms with Crippen molar-refractivity contribution in [1.82, 2.24) is 9.97 Å². The fourth-order valence-electron chi connectivity index (χ4n) is 2.46. The first kappa shape index (κ1) is 13.3. The molecular formula is C16H15BrN2O. The Morgan fingerprint density at radius 3 is 2.25 bits per heavy atom. The van der Waals surface area contributed by atoms with Gasteiger partial charge in [0.2, 0.25) is 0 Å². The second-order valence-corrected chi connectivity index (χ2v) is 6.11. The van der Waals surface area contributed by atoms with Crippen LogP contribution in [0.3, 0.4) is 0 Å². The highest BCUT2D eigenvalue weighted by Gasteiger charge is 2.14. The van der Waals surface area contributed by atoms with Gasteiger partial charge in [0, 0.05) is 4.47 Å². The summed E-state index contributed by atoms with van der Waals surface area (Å²) in [6.07, 6.45) is 0. The minimum atomic E-state index is 0.202. The lowest BCUT2D eigenvalue weighted by molar-refractivity contribution is 0.476. The number of aromatic nitrogens is 2. The van der Waals surface area contributed by atoms with E-state index in [0.29, 0.717) is 11.0 Å². The third kappa shape index (κ3) is 1.79. The smallest absolute Gasteiger partial charge is 0.146 e. The van der Waals surface area contributed by atoms with E-state index in [1.165, 1.54) is 11.1 Å². The van der Waals surface area contributed by atoms with Crippen LogP contribution in [0.25, 0.3) is 22.1 Å². The Morgan fingerprint density at radius 2 is 1.55 bits per heavy atom. The summed E-state index contributed by atoms with van der Waals surface area (Å²) in [6.45, 7) is 8.08. The zero-order valence-corrected chi connectivity index (χ0v) is 13.5. The Balaban J connectivity index is 2.56. The number of phenols is 1. The van der Waals surface area contributed by atoms with Gasteiger partial charge in [-0.3, -0.25) is 0 Å². The number of rotatable bonds is 0. The summed E-state index contributed by atoms with van der Waals surface area (Å²) in [5, 5.41) is 10.2. The van der Waals surface area contributed by atoms with Crippen molar-refractivity contribution in [1.29, 1.82) is 0 Å². The zero-order chi connectivity index (χ0) is 14.6. The number of phenolic OH excluding ortho intramolecular Hbond substituents is 1. The second-order valence-electron chi connectivity index (χ2n) is 5.26. The Morgan fingerprint density at radius 1 is 0.850 bits per heavy atom. The van der Waals surface area contributed by atoms with Crippen LogP contribution in [0, 0.1) is 27.7 Å². The highest BCUT2D eigenvalue weighted by atomic mass is 79.9. The highest BCUT2D eigenvalue weighted by molar-refractivity contribution is 9.10. The first-order valence-electron chi connectivity index (χ1n) is 6.46. The molecule has 0 aliphatic heterocycles. The van der Waals surface area contributed by atoms with Crippen LogP contribution in [-0.2, 0) is 0 Å². The number of hydrogen-bond donors (Lipinski definition) is 1. The Labute approximate surface area is 125 Å². The Hall–Kier alpha value is -1.68. The minimum absolute atomic E-state index is 0.202. The first-order valence-corrected chi connectivity index (χ1v) is 7.25. The van der Waals surface area contributed by atoms with Crippen LogP contribution >= 0.6 is 15.9 Å². The summed E-state index contributed by atoms with van der Waals surface area (Å²) < 4.78 is 0.856. The van der Waals surface area contributed by atoms with E-state index < -0.39 is 0 Å². The predicted octanol–water partition coefficient (Wildman–Crippen LogP) is 4.48. The molecular weight excluding hydrogens is 316 g/mol. The fourth-order valence-corrected chi connectivity index (χ4v) is 3.08. The predicted molar refractivity (Wildman–Crippen MR) is 85.4 cm³/mol. The third-order valence-electron chi connectivity index (χ3n) is 3.95. The van der Waals surface area contributed by atoms with Gasteiger partial charge in [-0.2, -0.15) is 0 Å². The van der Waals surface area contributed by atoms with Gasteiger partial charge in [0.1, 0.15) is 16.8 Å². The molecule has 0 bridgehead atoms. The van der Waals surface area contributed by atoms with Crippen LogP contribution < -0.4 is 0 Å². The van der Waals surface area contributed by atoms with Crippen molar-refractivity contribution in [2.45, 2.75) is 27.7 Å². The minimum Gasteiger partial charge on any atom is -0.505 e. The molecule has 0 amide bonds. The summed E-state index contributed by atoms with van der Waals surface area (Å²) in [5.74, 6) is 0.202. The van der Waals surface area contributed by atoms with E-state index in [9.17, 15) is 5.11 Å². The number of fused-ring (bicyclic) bond motifs is 2. The van der Waals surface area contributed by atoms with Gasteiger partial charge in [-0.1, -0.05) is 0 Å². The van der Waals surface area contributed by atoms with Crippen LogP contribution in [-0.4, -0.2) is 15.1 Å². The van der Waals surface area contributed by atoms with Crippen LogP contribution in [0.4, 0.5) is 0 Å². The topological polar surface area (TPSA) is 46.0 Å². The molecule has 0 radical (unpaired) electrons. The molecule has 0 unspecified atom stereocenters. The Kier molecular flexibility index (Phi) is 2.94. The standard InChI is InChI=1S/C16H15BrN2O/c1-7-6-12-13(10(4)9(7)3)19-14-11(17)5-8(2)16(20)15(14)18-12/h5-6,20H,1-4H3. The molecule has 0 saturated carbocycles. The van der Waals surface area contributed by atoms with Gasteiger partial charge >= 0.3 is 0 Å². The van der Waals surface area contributed by atoms with Crippen molar-refractivity contribution in [2.75, 3.05) is 0 Å².